The maximum atomic E-state index is 13.1. The molecule has 1 aliphatic rings. The molecule has 0 atom stereocenters. The number of fused-ring (bicyclic) bond motifs is 1. The van der Waals surface area contributed by atoms with Crippen molar-refractivity contribution in [2.75, 3.05) is 13.2 Å². The first kappa shape index (κ1) is 12.3. The second-order valence-electron chi connectivity index (χ2n) is 4.89. The Hall–Kier alpha value is -1.72. The fraction of sp³-hybridized carbons (Fsp3) is 0.357. The van der Waals surface area contributed by atoms with Crippen molar-refractivity contribution in [3.8, 4) is 0 Å². The lowest BCUT2D eigenvalue weighted by Crippen LogP contribution is -2.51. The van der Waals surface area contributed by atoms with Crippen LogP contribution < -0.4 is 5.73 Å². The molecule has 1 fully saturated rings. The Labute approximate surface area is 109 Å². The lowest BCUT2D eigenvalue weighted by Gasteiger charge is -2.30. The molecule has 0 aliphatic carbocycles. The lowest BCUT2D eigenvalue weighted by atomic mass is 9.85. The topological polar surface area (TPSA) is 65.5 Å². The van der Waals surface area contributed by atoms with Gasteiger partial charge in [0.15, 0.2) is 5.76 Å². The average Bonchev–Trinajstić information content (AvgIpc) is 2.81. The fourth-order valence-corrected chi connectivity index (χ4v) is 2.33. The first-order valence-corrected chi connectivity index (χ1v) is 6.19. The highest BCUT2D eigenvalue weighted by Crippen LogP contribution is 2.27. The average molecular weight is 263 g/mol. The van der Waals surface area contributed by atoms with Gasteiger partial charge in [-0.15, -0.1) is 0 Å². The van der Waals surface area contributed by atoms with Gasteiger partial charge in [-0.1, -0.05) is 0 Å². The van der Waals surface area contributed by atoms with Crippen molar-refractivity contribution < 1.29 is 18.3 Å². The Morgan fingerprint density at radius 3 is 2.74 bits per heavy atom. The minimum atomic E-state index is -0.940. The third-order valence-corrected chi connectivity index (χ3v) is 3.54. The Bertz CT molecular complexity index is 629. The molecule has 0 amide bonds. The van der Waals surface area contributed by atoms with Crippen molar-refractivity contribution in [2.24, 2.45) is 5.73 Å². The molecule has 0 unspecified atom stereocenters. The molecule has 100 valence electrons. The van der Waals surface area contributed by atoms with Crippen LogP contribution in [0.25, 0.3) is 11.0 Å². The van der Waals surface area contributed by atoms with Crippen LogP contribution in [0.15, 0.2) is 28.7 Å². The van der Waals surface area contributed by atoms with Crippen molar-refractivity contribution in [3.05, 3.63) is 35.8 Å². The van der Waals surface area contributed by atoms with Crippen LogP contribution in [0.4, 0.5) is 4.39 Å². The summed E-state index contributed by atoms with van der Waals surface area (Å²) in [4.78, 5) is 12.4. The van der Waals surface area contributed by atoms with E-state index in [1.807, 2.05) is 0 Å². The van der Waals surface area contributed by atoms with Gasteiger partial charge in [0.25, 0.3) is 0 Å². The van der Waals surface area contributed by atoms with Gasteiger partial charge in [-0.25, -0.2) is 4.39 Å². The minimum absolute atomic E-state index is 0.185. The number of Topliss-reactive ketones (excluding diaryl/α,β-unsaturated/α-hetero) is 1. The van der Waals surface area contributed by atoms with E-state index in [2.05, 4.69) is 0 Å². The number of hydrogen-bond acceptors (Lipinski definition) is 4. The molecule has 2 aromatic rings. The van der Waals surface area contributed by atoms with Gasteiger partial charge in [-0.3, -0.25) is 4.79 Å². The molecule has 0 radical (unpaired) electrons. The van der Waals surface area contributed by atoms with E-state index in [4.69, 9.17) is 14.9 Å². The Morgan fingerprint density at radius 1 is 1.26 bits per heavy atom. The summed E-state index contributed by atoms with van der Waals surface area (Å²) in [5, 5.41) is 0.569. The summed E-state index contributed by atoms with van der Waals surface area (Å²) < 4.78 is 23.8. The van der Waals surface area contributed by atoms with Gasteiger partial charge in [-0.2, -0.15) is 0 Å². The standard InChI is InChI=1S/C14H14FNO3/c15-10-1-2-11-9(7-10)8-12(19-11)13(17)14(16)3-5-18-6-4-14/h1-2,7-8H,3-6,16H2. The maximum Gasteiger partial charge on any atom is 0.217 e. The van der Waals surface area contributed by atoms with E-state index in [1.54, 1.807) is 6.07 Å². The molecule has 0 spiro atoms. The van der Waals surface area contributed by atoms with E-state index in [1.165, 1.54) is 18.2 Å². The summed E-state index contributed by atoms with van der Waals surface area (Å²) in [7, 11) is 0. The molecular formula is C14H14FNO3. The number of benzene rings is 1. The first-order chi connectivity index (χ1) is 9.08. The minimum Gasteiger partial charge on any atom is -0.453 e. The van der Waals surface area contributed by atoms with Crippen LogP contribution >= 0.6 is 0 Å². The van der Waals surface area contributed by atoms with Gasteiger partial charge in [0, 0.05) is 18.6 Å². The normalized spacial score (nSPS) is 18.6. The van der Waals surface area contributed by atoms with E-state index in [9.17, 15) is 9.18 Å². The highest BCUT2D eigenvalue weighted by Gasteiger charge is 2.38. The smallest absolute Gasteiger partial charge is 0.217 e. The summed E-state index contributed by atoms with van der Waals surface area (Å²) in [5.41, 5.74) is 5.67. The zero-order valence-corrected chi connectivity index (χ0v) is 10.3. The van der Waals surface area contributed by atoms with E-state index >= 15 is 0 Å². The summed E-state index contributed by atoms with van der Waals surface area (Å²) in [6, 6.07) is 5.69. The summed E-state index contributed by atoms with van der Waals surface area (Å²) in [5.74, 6) is -0.418. The van der Waals surface area contributed by atoms with Crippen LogP contribution in [0.2, 0.25) is 0 Å². The van der Waals surface area contributed by atoms with Crippen LogP contribution in [-0.2, 0) is 4.74 Å². The van der Waals surface area contributed by atoms with Crippen LogP contribution in [0.1, 0.15) is 23.4 Å². The molecule has 1 saturated heterocycles. The SMILES string of the molecule is NC1(C(=O)c2cc3cc(F)ccc3o2)CCOCC1. The third kappa shape index (κ3) is 2.15. The molecule has 3 rings (SSSR count). The number of ether oxygens (including phenoxy) is 1. The second-order valence-corrected chi connectivity index (χ2v) is 4.89. The zero-order valence-electron chi connectivity index (χ0n) is 10.3. The maximum absolute atomic E-state index is 13.1. The quantitative estimate of drug-likeness (QED) is 0.844. The number of furan rings is 1. The number of halogens is 1. The number of hydrogen-bond donors (Lipinski definition) is 1. The molecule has 1 aromatic carbocycles. The van der Waals surface area contributed by atoms with Crippen LogP contribution in [-0.4, -0.2) is 24.5 Å². The van der Waals surface area contributed by atoms with Crippen molar-refractivity contribution >= 4 is 16.8 Å². The van der Waals surface area contributed by atoms with E-state index < -0.39 is 5.54 Å². The van der Waals surface area contributed by atoms with Crippen molar-refractivity contribution in [1.29, 1.82) is 0 Å². The number of carbonyl (C=O) groups is 1. The van der Waals surface area contributed by atoms with E-state index in [-0.39, 0.29) is 17.4 Å². The highest BCUT2D eigenvalue weighted by atomic mass is 19.1. The summed E-state index contributed by atoms with van der Waals surface area (Å²) >= 11 is 0. The Balaban J connectivity index is 1.97. The molecule has 5 heteroatoms. The summed E-state index contributed by atoms with van der Waals surface area (Å²) in [6.07, 6.45) is 0.939. The molecule has 1 aromatic heterocycles. The third-order valence-electron chi connectivity index (χ3n) is 3.54. The Kier molecular flexibility index (Phi) is 2.88. The summed E-state index contributed by atoms with van der Waals surface area (Å²) in [6.45, 7) is 0.939. The predicted molar refractivity (Wildman–Crippen MR) is 67.5 cm³/mol. The number of nitrogens with two attached hydrogens (primary N) is 1. The van der Waals surface area contributed by atoms with E-state index in [0.717, 1.165) is 0 Å². The first-order valence-electron chi connectivity index (χ1n) is 6.19. The van der Waals surface area contributed by atoms with E-state index in [0.29, 0.717) is 37.0 Å². The fourth-order valence-electron chi connectivity index (χ4n) is 2.33. The zero-order chi connectivity index (χ0) is 13.5. The van der Waals surface area contributed by atoms with Gasteiger partial charge < -0.3 is 14.9 Å². The largest absolute Gasteiger partial charge is 0.453 e. The highest BCUT2D eigenvalue weighted by molar-refractivity contribution is 6.03. The number of carbonyl (C=O) groups excluding carboxylic acids is 1. The van der Waals surface area contributed by atoms with Crippen LogP contribution in [0, 0.1) is 5.82 Å². The molecule has 4 nitrogen and oxygen atoms in total. The van der Waals surface area contributed by atoms with Crippen LogP contribution in [0.5, 0.6) is 0 Å². The van der Waals surface area contributed by atoms with Crippen molar-refractivity contribution in [1.82, 2.24) is 0 Å². The van der Waals surface area contributed by atoms with Gasteiger partial charge in [0.05, 0.1) is 5.54 Å². The van der Waals surface area contributed by atoms with Gasteiger partial charge >= 0.3 is 0 Å². The van der Waals surface area contributed by atoms with Gasteiger partial charge in [0.2, 0.25) is 5.78 Å². The van der Waals surface area contributed by atoms with Crippen LogP contribution in [0.3, 0.4) is 0 Å². The molecule has 2 N–H and O–H groups in total. The van der Waals surface area contributed by atoms with Crippen molar-refractivity contribution in [3.63, 3.8) is 0 Å². The van der Waals surface area contributed by atoms with Gasteiger partial charge in [-0.05, 0) is 37.1 Å². The monoisotopic (exact) mass is 263 g/mol. The van der Waals surface area contributed by atoms with Gasteiger partial charge in [0.1, 0.15) is 11.4 Å². The molecule has 0 saturated carbocycles. The Morgan fingerprint density at radius 2 is 2.00 bits per heavy atom. The second kappa shape index (κ2) is 4.43. The molecule has 0 bridgehead atoms. The number of ketones is 1. The molecule has 2 heterocycles. The lowest BCUT2D eigenvalue weighted by molar-refractivity contribution is 0.0432. The predicted octanol–water partition coefficient (Wildman–Crippen LogP) is 2.26. The molecule has 1 aliphatic heterocycles. The molecular weight excluding hydrogens is 249 g/mol. The molecule has 19 heavy (non-hydrogen) atoms. The van der Waals surface area contributed by atoms with Crippen molar-refractivity contribution in [2.45, 2.75) is 18.4 Å². The number of rotatable bonds is 2.